The van der Waals surface area contributed by atoms with Gasteiger partial charge < -0.3 is 5.32 Å². The van der Waals surface area contributed by atoms with E-state index in [2.05, 4.69) is 37.2 Å². The molecule has 82 valence electrons. The average molecular weight is 335 g/mol. The van der Waals surface area contributed by atoms with Gasteiger partial charge in [-0.1, -0.05) is 50.1 Å². The van der Waals surface area contributed by atoms with Gasteiger partial charge in [0.2, 0.25) is 5.91 Å². The van der Waals surface area contributed by atoms with E-state index < -0.39 is 0 Å². The van der Waals surface area contributed by atoms with E-state index in [1.807, 2.05) is 30.3 Å². The van der Waals surface area contributed by atoms with Gasteiger partial charge in [0, 0.05) is 12.1 Å². The van der Waals surface area contributed by atoms with Crippen molar-refractivity contribution in [2.24, 2.45) is 0 Å². The maximum absolute atomic E-state index is 11.5. The van der Waals surface area contributed by atoms with Crippen LogP contribution >= 0.6 is 31.9 Å². The summed E-state index contributed by atoms with van der Waals surface area (Å²) >= 11 is 6.75. The van der Waals surface area contributed by atoms with Gasteiger partial charge in [-0.05, 0) is 25.0 Å². The lowest BCUT2D eigenvalue weighted by atomic mass is 10.2. The summed E-state index contributed by atoms with van der Waals surface area (Å²) in [6.45, 7) is 0. The zero-order valence-corrected chi connectivity index (χ0v) is 11.4. The highest BCUT2D eigenvalue weighted by atomic mass is 79.9. The molecular formula is C11H13Br2NO. The molecule has 1 aromatic carbocycles. The highest BCUT2D eigenvalue weighted by molar-refractivity contribution is 9.24. The molecule has 1 rings (SSSR count). The molecule has 2 nitrogen and oxygen atoms in total. The molecule has 4 heteroatoms. The zero-order chi connectivity index (χ0) is 11.1. The van der Waals surface area contributed by atoms with Crippen LogP contribution in [0.3, 0.4) is 0 Å². The average Bonchev–Trinajstić information content (AvgIpc) is 2.18. The summed E-state index contributed by atoms with van der Waals surface area (Å²) in [5.74, 6) is 0.0712. The van der Waals surface area contributed by atoms with Gasteiger partial charge in [0.15, 0.2) is 0 Å². The van der Waals surface area contributed by atoms with Crippen LogP contribution in [0.15, 0.2) is 30.3 Å². The molecule has 0 saturated carbocycles. The number of hydrogen-bond donors (Lipinski definition) is 1. The standard InChI is InChI=1S/C11H13Br2NO/c12-10(13)7-4-8-11(15)14-9-5-2-1-3-6-9/h1-3,5-6,10H,4,7-8H2,(H,14,15). The van der Waals surface area contributed by atoms with Crippen molar-refractivity contribution in [3.63, 3.8) is 0 Å². The van der Waals surface area contributed by atoms with Crippen molar-refractivity contribution >= 4 is 43.5 Å². The lowest BCUT2D eigenvalue weighted by molar-refractivity contribution is -0.116. The largest absolute Gasteiger partial charge is 0.326 e. The number of alkyl halides is 2. The lowest BCUT2D eigenvalue weighted by Crippen LogP contribution is -2.11. The van der Waals surface area contributed by atoms with Crippen molar-refractivity contribution in [1.29, 1.82) is 0 Å². The summed E-state index contributed by atoms with van der Waals surface area (Å²) in [6, 6.07) is 9.51. The van der Waals surface area contributed by atoms with Gasteiger partial charge >= 0.3 is 0 Å². The first-order valence-electron chi connectivity index (χ1n) is 4.81. The van der Waals surface area contributed by atoms with Gasteiger partial charge in [0.1, 0.15) is 0 Å². The first-order chi connectivity index (χ1) is 7.18. The van der Waals surface area contributed by atoms with Crippen molar-refractivity contribution in [2.75, 3.05) is 5.32 Å². The maximum Gasteiger partial charge on any atom is 0.224 e. The Hall–Kier alpha value is -0.350. The smallest absolute Gasteiger partial charge is 0.224 e. The number of halogens is 2. The van der Waals surface area contributed by atoms with Crippen molar-refractivity contribution in [2.45, 2.75) is 23.0 Å². The Morgan fingerprint density at radius 1 is 1.27 bits per heavy atom. The van der Waals surface area contributed by atoms with Crippen LogP contribution in [0.25, 0.3) is 0 Å². The quantitative estimate of drug-likeness (QED) is 0.813. The predicted octanol–water partition coefficient (Wildman–Crippen LogP) is 3.91. The van der Waals surface area contributed by atoms with Crippen LogP contribution in [0.2, 0.25) is 0 Å². The Bertz CT molecular complexity index is 301. The first-order valence-corrected chi connectivity index (χ1v) is 6.64. The van der Waals surface area contributed by atoms with E-state index in [0.717, 1.165) is 18.5 Å². The highest BCUT2D eigenvalue weighted by Crippen LogP contribution is 2.16. The second-order valence-corrected chi connectivity index (χ2v) is 6.64. The second-order valence-electron chi connectivity index (χ2n) is 3.20. The Balaban J connectivity index is 2.25. The number of carbonyl (C=O) groups is 1. The van der Waals surface area contributed by atoms with E-state index >= 15 is 0 Å². The van der Waals surface area contributed by atoms with Crippen LogP contribution in [-0.2, 0) is 4.79 Å². The fourth-order valence-electron chi connectivity index (χ4n) is 1.16. The Kier molecular flexibility index (Phi) is 5.95. The molecule has 0 aromatic heterocycles. The molecule has 0 fully saturated rings. The summed E-state index contributed by atoms with van der Waals surface area (Å²) in [5.41, 5.74) is 0.858. The lowest BCUT2D eigenvalue weighted by Gasteiger charge is -2.04. The molecule has 1 N–H and O–H groups in total. The SMILES string of the molecule is O=C(CCCC(Br)Br)Nc1ccccc1. The molecule has 0 aliphatic rings. The molecule has 0 heterocycles. The van der Waals surface area contributed by atoms with Crippen molar-refractivity contribution in [1.82, 2.24) is 0 Å². The molecule has 15 heavy (non-hydrogen) atoms. The molecule has 0 bridgehead atoms. The fourth-order valence-corrected chi connectivity index (χ4v) is 1.81. The summed E-state index contributed by atoms with van der Waals surface area (Å²) in [5, 5.41) is 2.85. The van der Waals surface area contributed by atoms with Gasteiger partial charge in [0.05, 0.1) is 3.74 Å². The number of para-hydroxylation sites is 1. The zero-order valence-electron chi connectivity index (χ0n) is 8.25. The minimum Gasteiger partial charge on any atom is -0.326 e. The molecule has 1 amide bonds. The number of benzene rings is 1. The van der Waals surface area contributed by atoms with Crippen LogP contribution in [0.4, 0.5) is 5.69 Å². The van der Waals surface area contributed by atoms with Crippen LogP contribution in [0.1, 0.15) is 19.3 Å². The number of carbonyl (C=O) groups excluding carboxylic acids is 1. The van der Waals surface area contributed by atoms with Crippen LogP contribution in [0, 0.1) is 0 Å². The summed E-state index contributed by atoms with van der Waals surface area (Å²) in [4.78, 5) is 11.5. The van der Waals surface area contributed by atoms with Crippen molar-refractivity contribution < 1.29 is 4.79 Å². The molecule has 0 spiro atoms. The third kappa shape index (κ3) is 5.95. The third-order valence-electron chi connectivity index (χ3n) is 1.88. The highest BCUT2D eigenvalue weighted by Gasteiger charge is 2.03. The third-order valence-corrected chi connectivity index (χ3v) is 2.80. The predicted molar refractivity (Wildman–Crippen MR) is 70.6 cm³/mol. The molecule has 0 saturated heterocycles. The van der Waals surface area contributed by atoms with Crippen molar-refractivity contribution in [3.8, 4) is 0 Å². The first kappa shape index (κ1) is 12.7. The van der Waals surface area contributed by atoms with Gasteiger partial charge in [-0.3, -0.25) is 4.79 Å². The number of nitrogens with one attached hydrogen (secondary N) is 1. The van der Waals surface area contributed by atoms with Gasteiger partial charge in [0.25, 0.3) is 0 Å². The summed E-state index contributed by atoms with van der Waals surface area (Å²) in [6.07, 6.45) is 2.38. The van der Waals surface area contributed by atoms with Gasteiger partial charge in [-0.25, -0.2) is 0 Å². The van der Waals surface area contributed by atoms with Crippen LogP contribution in [-0.4, -0.2) is 9.64 Å². The van der Waals surface area contributed by atoms with Crippen LogP contribution < -0.4 is 5.32 Å². The minimum atomic E-state index is 0.0712. The van der Waals surface area contributed by atoms with Gasteiger partial charge in [-0.15, -0.1) is 0 Å². The Morgan fingerprint density at radius 3 is 2.53 bits per heavy atom. The van der Waals surface area contributed by atoms with Crippen molar-refractivity contribution in [3.05, 3.63) is 30.3 Å². The Morgan fingerprint density at radius 2 is 1.93 bits per heavy atom. The number of anilines is 1. The molecule has 0 aliphatic carbocycles. The normalized spacial score (nSPS) is 10.3. The summed E-state index contributed by atoms with van der Waals surface area (Å²) in [7, 11) is 0. The van der Waals surface area contributed by atoms with E-state index in [0.29, 0.717) is 10.2 Å². The molecule has 0 atom stereocenters. The van der Waals surface area contributed by atoms with E-state index in [-0.39, 0.29) is 5.91 Å². The topological polar surface area (TPSA) is 29.1 Å². The molecule has 0 radical (unpaired) electrons. The number of rotatable bonds is 5. The van der Waals surface area contributed by atoms with E-state index in [9.17, 15) is 4.79 Å². The number of hydrogen-bond acceptors (Lipinski definition) is 1. The Labute approximate surface area is 107 Å². The maximum atomic E-state index is 11.5. The van der Waals surface area contributed by atoms with E-state index in [1.54, 1.807) is 0 Å². The van der Waals surface area contributed by atoms with Crippen LogP contribution in [0.5, 0.6) is 0 Å². The summed E-state index contributed by atoms with van der Waals surface area (Å²) < 4.78 is 0.300. The second kappa shape index (κ2) is 7.01. The fraction of sp³-hybridized carbons (Fsp3) is 0.364. The monoisotopic (exact) mass is 333 g/mol. The molecule has 1 aromatic rings. The minimum absolute atomic E-state index is 0.0712. The number of amides is 1. The molecule has 0 aliphatic heterocycles. The molecule has 0 unspecified atom stereocenters. The van der Waals surface area contributed by atoms with Gasteiger partial charge in [-0.2, -0.15) is 0 Å². The van der Waals surface area contributed by atoms with E-state index in [4.69, 9.17) is 0 Å². The molecular weight excluding hydrogens is 322 g/mol. The van der Waals surface area contributed by atoms with E-state index in [1.165, 1.54) is 0 Å².